The van der Waals surface area contributed by atoms with Crippen LogP contribution in [0.5, 0.6) is 5.75 Å². The molecule has 5 nitrogen and oxygen atoms in total. The minimum Gasteiger partial charge on any atom is -0.491 e. The first-order chi connectivity index (χ1) is 10.9. The number of nitrogens with zero attached hydrogens (tertiary/aromatic N) is 1. The highest BCUT2D eigenvalue weighted by atomic mass is 32.1. The third kappa shape index (κ3) is 4.53. The van der Waals surface area contributed by atoms with Crippen molar-refractivity contribution in [2.24, 2.45) is 0 Å². The van der Waals surface area contributed by atoms with Crippen LogP contribution in [-0.2, 0) is 0 Å². The van der Waals surface area contributed by atoms with Crippen molar-refractivity contribution in [1.82, 2.24) is 10.3 Å². The number of aryl methyl sites for hydroxylation is 2. The Balaban J connectivity index is 1.91. The van der Waals surface area contributed by atoms with Crippen LogP contribution >= 0.6 is 11.3 Å². The van der Waals surface area contributed by atoms with Gasteiger partial charge in [0.05, 0.1) is 12.2 Å². The maximum atomic E-state index is 12.2. The van der Waals surface area contributed by atoms with Crippen LogP contribution < -0.4 is 10.1 Å². The molecule has 0 aliphatic rings. The van der Waals surface area contributed by atoms with E-state index in [1.165, 1.54) is 17.5 Å². The molecular weight excluding hydrogens is 312 g/mol. The second kappa shape index (κ2) is 7.57. The number of aliphatic hydroxyl groups excluding tert-OH is 1. The van der Waals surface area contributed by atoms with Crippen LogP contribution in [0.4, 0.5) is 0 Å². The van der Waals surface area contributed by atoms with Crippen LogP contribution in [0, 0.1) is 13.8 Å². The molecule has 1 amide bonds. The number of hydrogen-bond donors (Lipinski definition) is 2. The number of benzene rings is 1. The second-order valence-corrected chi connectivity index (χ2v) is 6.71. The summed E-state index contributed by atoms with van der Waals surface area (Å²) in [5.74, 6) is 0.662. The molecule has 23 heavy (non-hydrogen) atoms. The van der Waals surface area contributed by atoms with Gasteiger partial charge in [0.1, 0.15) is 28.3 Å². The lowest BCUT2D eigenvalue weighted by Crippen LogP contribution is -2.36. The van der Waals surface area contributed by atoms with Crippen LogP contribution in [0.15, 0.2) is 24.4 Å². The summed E-state index contributed by atoms with van der Waals surface area (Å²) in [4.78, 5) is 16.7. The zero-order chi connectivity index (χ0) is 17.0. The molecule has 6 heteroatoms. The van der Waals surface area contributed by atoms with E-state index in [9.17, 15) is 9.90 Å². The molecule has 0 bridgehead atoms. The molecule has 0 radical (unpaired) electrons. The van der Waals surface area contributed by atoms with E-state index >= 15 is 0 Å². The van der Waals surface area contributed by atoms with Crippen molar-refractivity contribution < 1.29 is 14.6 Å². The maximum Gasteiger partial charge on any atom is 0.263 e. The van der Waals surface area contributed by atoms with Gasteiger partial charge in [-0.05, 0) is 38.8 Å². The summed E-state index contributed by atoms with van der Waals surface area (Å²) in [5.41, 5.74) is 2.15. The molecular formula is C17H22N2O3S. The molecule has 0 fully saturated rings. The van der Waals surface area contributed by atoms with Gasteiger partial charge in [0.25, 0.3) is 5.91 Å². The predicted molar refractivity (Wildman–Crippen MR) is 91.1 cm³/mol. The molecule has 0 aliphatic carbocycles. The van der Waals surface area contributed by atoms with Crippen molar-refractivity contribution >= 4 is 17.2 Å². The van der Waals surface area contributed by atoms with Gasteiger partial charge < -0.3 is 15.2 Å². The van der Waals surface area contributed by atoms with E-state index in [0.29, 0.717) is 16.5 Å². The van der Waals surface area contributed by atoms with Crippen molar-refractivity contribution in [3.05, 3.63) is 45.4 Å². The quantitative estimate of drug-likeness (QED) is 0.852. The Bertz CT molecular complexity index is 662. The Labute approximate surface area is 140 Å². The van der Waals surface area contributed by atoms with Crippen LogP contribution in [0.3, 0.4) is 0 Å². The average molecular weight is 334 g/mol. The molecule has 1 heterocycles. The van der Waals surface area contributed by atoms with Gasteiger partial charge in [-0.2, -0.15) is 0 Å². The van der Waals surface area contributed by atoms with E-state index in [4.69, 9.17) is 4.74 Å². The topological polar surface area (TPSA) is 71.5 Å². The number of hydrogen-bond acceptors (Lipinski definition) is 5. The summed E-state index contributed by atoms with van der Waals surface area (Å²) >= 11 is 1.20. The monoisotopic (exact) mass is 334 g/mol. The summed E-state index contributed by atoms with van der Waals surface area (Å²) in [5, 5.41) is 12.9. The van der Waals surface area contributed by atoms with Gasteiger partial charge in [0.15, 0.2) is 0 Å². The number of carbonyl (C=O) groups excluding carboxylic acids is 1. The van der Waals surface area contributed by atoms with Gasteiger partial charge in [-0.3, -0.25) is 4.79 Å². The zero-order valence-corrected chi connectivity index (χ0v) is 14.6. The lowest BCUT2D eigenvalue weighted by Gasteiger charge is -2.17. The largest absolute Gasteiger partial charge is 0.491 e. The fraction of sp³-hybridized carbons (Fsp3) is 0.412. The van der Waals surface area contributed by atoms with Crippen LogP contribution in [-0.4, -0.2) is 28.6 Å². The summed E-state index contributed by atoms with van der Waals surface area (Å²) < 4.78 is 5.84. The second-order valence-electron chi connectivity index (χ2n) is 5.65. The molecule has 2 rings (SSSR count). The Hall–Kier alpha value is -1.92. The van der Waals surface area contributed by atoms with E-state index in [1.54, 1.807) is 6.92 Å². The van der Waals surface area contributed by atoms with Gasteiger partial charge in [-0.1, -0.05) is 18.2 Å². The number of nitrogens with one attached hydrogen (secondary N) is 1. The minimum atomic E-state index is -0.661. The number of ether oxygens (including phenoxy) is 1. The van der Waals surface area contributed by atoms with Crippen molar-refractivity contribution in [3.63, 3.8) is 0 Å². The van der Waals surface area contributed by atoms with Gasteiger partial charge in [-0.15, -0.1) is 11.3 Å². The van der Waals surface area contributed by atoms with E-state index < -0.39 is 6.10 Å². The van der Waals surface area contributed by atoms with Crippen molar-refractivity contribution in [1.29, 1.82) is 0 Å². The molecule has 2 aromatic rings. The molecule has 2 N–H and O–H groups in total. The third-order valence-corrected chi connectivity index (χ3v) is 4.54. The standard InChI is InChI=1S/C17H22N2O3S/c1-10-6-5-7-11(2)15(10)22-9-12(3)19-16(21)14-8-18-17(23-14)13(4)20/h5-8,12-13,20H,9H2,1-4H3,(H,19,21)/t12-,13-/m1/s1. The first kappa shape index (κ1) is 17.4. The summed E-state index contributed by atoms with van der Waals surface area (Å²) in [7, 11) is 0. The number of para-hydroxylation sites is 1. The Kier molecular flexibility index (Phi) is 5.74. The summed E-state index contributed by atoms with van der Waals surface area (Å²) in [6, 6.07) is 5.85. The van der Waals surface area contributed by atoms with E-state index in [2.05, 4.69) is 10.3 Å². The highest BCUT2D eigenvalue weighted by molar-refractivity contribution is 7.13. The van der Waals surface area contributed by atoms with Gasteiger partial charge >= 0.3 is 0 Å². The summed E-state index contributed by atoms with van der Waals surface area (Å²) in [6.45, 7) is 7.91. The van der Waals surface area contributed by atoms with Crippen molar-refractivity contribution in [3.8, 4) is 5.75 Å². The van der Waals surface area contributed by atoms with Crippen LogP contribution in [0.1, 0.15) is 45.8 Å². The lowest BCUT2D eigenvalue weighted by atomic mass is 10.1. The lowest BCUT2D eigenvalue weighted by molar-refractivity contribution is 0.0930. The fourth-order valence-electron chi connectivity index (χ4n) is 2.16. The van der Waals surface area contributed by atoms with Crippen LogP contribution in [0.25, 0.3) is 0 Å². The smallest absolute Gasteiger partial charge is 0.263 e. The number of aromatic nitrogens is 1. The minimum absolute atomic E-state index is 0.140. The zero-order valence-electron chi connectivity index (χ0n) is 13.8. The average Bonchev–Trinajstić information content (AvgIpc) is 2.96. The van der Waals surface area contributed by atoms with E-state index in [0.717, 1.165) is 16.9 Å². The molecule has 0 unspecified atom stereocenters. The molecule has 124 valence electrons. The van der Waals surface area contributed by atoms with Gasteiger partial charge in [0, 0.05) is 0 Å². The van der Waals surface area contributed by atoms with Crippen molar-refractivity contribution in [2.45, 2.75) is 39.8 Å². The molecule has 0 saturated heterocycles. The fourth-order valence-corrected chi connectivity index (χ4v) is 2.92. The predicted octanol–water partition coefficient (Wildman–Crippen LogP) is 3.01. The van der Waals surface area contributed by atoms with Crippen molar-refractivity contribution in [2.75, 3.05) is 6.61 Å². The number of aliphatic hydroxyl groups is 1. The maximum absolute atomic E-state index is 12.2. The highest BCUT2D eigenvalue weighted by Gasteiger charge is 2.16. The van der Waals surface area contributed by atoms with Crippen LogP contribution in [0.2, 0.25) is 0 Å². The molecule has 2 atom stereocenters. The molecule has 0 saturated carbocycles. The number of rotatable bonds is 6. The molecule has 0 aliphatic heterocycles. The third-order valence-electron chi connectivity index (χ3n) is 3.37. The first-order valence-electron chi connectivity index (χ1n) is 7.52. The number of carbonyl (C=O) groups is 1. The first-order valence-corrected chi connectivity index (χ1v) is 8.33. The van der Waals surface area contributed by atoms with Gasteiger partial charge in [0.2, 0.25) is 0 Å². The molecule has 1 aromatic carbocycles. The molecule has 1 aromatic heterocycles. The van der Waals surface area contributed by atoms with E-state index in [-0.39, 0.29) is 11.9 Å². The summed E-state index contributed by atoms with van der Waals surface area (Å²) in [6.07, 6.45) is 0.826. The number of amides is 1. The molecule has 0 spiro atoms. The van der Waals surface area contributed by atoms with E-state index in [1.807, 2.05) is 39.0 Å². The highest BCUT2D eigenvalue weighted by Crippen LogP contribution is 2.22. The Morgan fingerprint density at radius 1 is 1.35 bits per heavy atom. The Morgan fingerprint density at radius 3 is 2.57 bits per heavy atom. The normalized spacial score (nSPS) is 13.4. The SMILES string of the molecule is Cc1cccc(C)c1OC[C@@H](C)NC(=O)c1cnc([C@@H](C)O)s1. The van der Waals surface area contributed by atoms with Gasteiger partial charge in [-0.25, -0.2) is 4.98 Å². The number of thiazole rings is 1. The Morgan fingerprint density at radius 2 is 2.00 bits per heavy atom.